The molecule has 1 aliphatic rings. The molecule has 1 saturated carbocycles. The maximum atomic E-state index is 12.8. The first-order chi connectivity index (χ1) is 8.15. The zero-order valence-corrected chi connectivity index (χ0v) is 10.4. The number of rotatable bonds is 6. The van der Waals surface area contributed by atoms with Gasteiger partial charge in [-0.2, -0.15) is 0 Å². The minimum atomic E-state index is -0.202. The molecule has 2 nitrogen and oxygen atoms in total. The van der Waals surface area contributed by atoms with Gasteiger partial charge in [-0.15, -0.1) is 0 Å². The van der Waals surface area contributed by atoms with Crippen molar-refractivity contribution in [3.63, 3.8) is 0 Å². The topological polar surface area (TPSA) is 29.3 Å². The zero-order valence-electron chi connectivity index (χ0n) is 10.4. The molecule has 17 heavy (non-hydrogen) atoms. The highest BCUT2D eigenvalue weighted by molar-refractivity contribution is 5.19. The summed E-state index contributed by atoms with van der Waals surface area (Å²) in [6.45, 7) is 2.20. The molecule has 2 N–H and O–H groups in total. The van der Waals surface area contributed by atoms with Gasteiger partial charge >= 0.3 is 0 Å². The molecule has 0 radical (unpaired) electrons. The highest BCUT2D eigenvalue weighted by atomic mass is 19.1. The Morgan fingerprint density at radius 2 is 2.00 bits per heavy atom. The van der Waals surface area contributed by atoms with Gasteiger partial charge in [0.25, 0.3) is 0 Å². The fourth-order valence-corrected chi connectivity index (χ4v) is 2.07. The second-order valence-corrected chi connectivity index (χ2v) is 5.15. The van der Waals surface area contributed by atoms with E-state index in [2.05, 4.69) is 11.9 Å². The second kappa shape index (κ2) is 5.61. The number of halogens is 1. The van der Waals surface area contributed by atoms with Gasteiger partial charge in [-0.05, 0) is 56.5 Å². The fraction of sp³-hybridized carbons (Fsp3) is 0.571. The van der Waals surface area contributed by atoms with Crippen LogP contribution in [0.4, 0.5) is 4.39 Å². The third-order valence-electron chi connectivity index (χ3n) is 3.39. The van der Waals surface area contributed by atoms with Gasteiger partial charge in [-0.25, -0.2) is 4.39 Å². The third kappa shape index (κ3) is 4.10. The molecular formula is C14H21FN2. The molecule has 1 aromatic carbocycles. The Hall–Kier alpha value is -0.930. The molecular weight excluding hydrogens is 215 g/mol. The molecule has 3 heteroatoms. The van der Waals surface area contributed by atoms with Gasteiger partial charge in [-0.1, -0.05) is 12.1 Å². The van der Waals surface area contributed by atoms with E-state index in [4.69, 9.17) is 5.73 Å². The number of hydrogen-bond acceptors (Lipinski definition) is 2. The van der Waals surface area contributed by atoms with Crippen LogP contribution in [0.25, 0.3) is 0 Å². The SMILES string of the molecule is CN(CCC(N)c1ccc(F)cc1)CC1CC1. The minimum absolute atomic E-state index is 0.0113. The van der Waals surface area contributed by atoms with Crippen LogP contribution in [-0.4, -0.2) is 25.0 Å². The molecule has 1 aliphatic carbocycles. The first-order valence-corrected chi connectivity index (χ1v) is 6.35. The molecule has 1 atom stereocenters. The lowest BCUT2D eigenvalue weighted by atomic mass is 10.0. The van der Waals surface area contributed by atoms with Gasteiger partial charge in [0, 0.05) is 12.6 Å². The number of nitrogens with two attached hydrogens (primary N) is 1. The zero-order chi connectivity index (χ0) is 12.3. The molecule has 1 unspecified atom stereocenters. The van der Waals surface area contributed by atoms with E-state index in [0.29, 0.717) is 0 Å². The highest BCUT2D eigenvalue weighted by Crippen LogP contribution is 2.29. The molecule has 1 fully saturated rings. The summed E-state index contributed by atoms with van der Waals surface area (Å²) < 4.78 is 12.8. The van der Waals surface area contributed by atoms with E-state index < -0.39 is 0 Å². The molecule has 0 aliphatic heterocycles. The molecule has 2 rings (SSSR count). The van der Waals surface area contributed by atoms with E-state index in [1.165, 1.54) is 31.5 Å². The Morgan fingerprint density at radius 1 is 1.35 bits per heavy atom. The van der Waals surface area contributed by atoms with Gasteiger partial charge in [0.05, 0.1) is 0 Å². The van der Waals surface area contributed by atoms with Crippen molar-refractivity contribution in [1.82, 2.24) is 4.90 Å². The van der Waals surface area contributed by atoms with Crippen molar-refractivity contribution < 1.29 is 4.39 Å². The molecule has 0 amide bonds. The number of nitrogens with zero attached hydrogens (tertiary/aromatic N) is 1. The molecule has 94 valence electrons. The fourth-order valence-electron chi connectivity index (χ4n) is 2.07. The van der Waals surface area contributed by atoms with Gasteiger partial charge in [0.2, 0.25) is 0 Å². The van der Waals surface area contributed by atoms with E-state index >= 15 is 0 Å². The Balaban J connectivity index is 1.75. The lowest BCUT2D eigenvalue weighted by Crippen LogP contribution is -2.25. The van der Waals surface area contributed by atoms with Gasteiger partial charge < -0.3 is 10.6 Å². The lowest BCUT2D eigenvalue weighted by Gasteiger charge is -2.19. The summed E-state index contributed by atoms with van der Waals surface area (Å²) in [7, 11) is 2.15. The highest BCUT2D eigenvalue weighted by Gasteiger charge is 2.22. The number of benzene rings is 1. The van der Waals surface area contributed by atoms with E-state index in [-0.39, 0.29) is 11.9 Å². The Labute approximate surface area is 103 Å². The summed E-state index contributed by atoms with van der Waals surface area (Å²) >= 11 is 0. The molecule has 0 spiro atoms. The monoisotopic (exact) mass is 236 g/mol. The molecule has 0 saturated heterocycles. The van der Waals surface area contributed by atoms with Crippen molar-refractivity contribution in [2.24, 2.45) is 11.7 Å². The number of hydrogen-bond donors (Lipinski definition) is 1. The van der Waals surface area contributed by atoms with Gasteiger partial charge in [0.15, 0.2) is 0 Å². The van der Waals surface area contributed by atoms with Gasteiger partial charge in [-0.3, -0.25) is 0 Å². The van der Waals surface area contributed by atoms with Crippen molar-refractivity contribution in [3.05, 3.63) is 35.6 Å². The van der Waals surface area contributed by atoms with Crippen LogP contribution in [0.2, 0.25) is 0 Å². The van der Waals surface area contributed by atoms with Crippen LogP contribution in [-0.2, 0) is 0 Å². The van der Waals surface area contributed by atoms with E-state index in [9.17, 15) is 4.39 Å². The van der Waals surface area contributed by atoms with Crippen molar-refractivity contribution in [1.29, 1.82) is 0 Å². The maximum Gasteiger partial charge on any atom is 0.123 e. The van der Waals surface area contributed by atoms with Crippen LogP contribution in [0.1, 0.15) is 30.9 Å². The van der Waals surface area contributed by atoms with Crippen LogP contribution in [0, 0.1) is 11.7 Å². The van der Waals surface area contributed by atoms with E-state index in [0.717, 1.165) is 24.4 Å². The van der Waals surface area contributed by atoms with E-state index in [1.54, 1.807) is 12.1 Å². The van der Waals surface area contributed by atoms with Crippen LogP contribution in [0.5, 0.6) is 0 Å². The average molecular weight is 236 g/mol. The molecule has 0 bridgehead atoms. The van der Waals surface area contributed by atoms with Crippen LogP contribution in [0.3, 0.4) is 0 Å². The second-order valence-electron chi connectivity index (χ2n) is 5.15. The first-order valence-electron chi connectivity index (χ1n) is 6.35. The van der Waals surface area contributed by atoms with Crippen LogP contribution < -0.4 is 5.73 Å². The Bertz CT molecular complexity index is 346. The summed E-state index contributed by atoms with van der Waals surface area (Å²) in [5.41, 5.74) is 7.11. The van der Waals surface area contributed by atoms with Crippen molar-refractivity contribution in [2.45, 2.75) is 25.3 Å². The quantitative estimate of drug-likeness (QED) is 0.822. The Morgan fingerprint density at radius 3 is 2.59 bits per heavy atom. The first kappa shape index (κ1) is 12.5. The summed E-state index contributed by atoms with van der Waals surface area (Å²) in [6, 6.07) is 6.52. The summed E-state index contributed by atoms with van der Waals surface area (Å²) in [4.78, 5) is 2.35. The Kier molecular flexibility index (Phi) is 4.13. The predicted octanol–water partition coefficient (Wildman–Crippen LogP) is 2.56. The smallest absolute Gasteiger partial charge is 0.123 e. The van der Waals surface area contributed by atoms with Crippen molar-refractivity contribution >= 4 is 0 Å². The standard InChI is InChI=1S/C14H21FN2/c1-17(10-11-2-3-11)9-8-14(16)12-4-6-13(15)7-5-12/h4-7,11,14H,2-3,8-10,16H2,1H3. The summed E-state index contributed by atoms with van der Waals surface area (Å²) in [5.74, 6) is 0.717. The lowest BCUT2D eigenvalue weighted by molar-refractivity contribution is 0.306. The maximum absolute atomic E-state index is 12.8. The van der Waals surface area contributed by atoms with Crippen molar-refractivity contribution in [3.8, 4) is 0 Å². The normalized spacial score (nSPS) is 17.4. The average Bonchev–Trinajstić information content (AvgIpc) is 3.11. The largest absolute Gasteiger partial charge is 0.324 e. The molecule has 1 aromatic rings. The van der Waals surface area contributed by atoms with Crippen LogP contribution >= 0.6 is 0 Å². The van der Waals surface area contributed by atoms with E-state index in [1.807, 2.05) is 0 Å². The van der Waals surface area contributed by atoms with Crippen molar-refractivity contribution in [2.75, 3.05) is 20.1 Å². The summed E-state index contributed by atoms with van der Waals surface area (Å²) in [6.07, 6.45) is 3.69. The summed E-state index contributed by atoms with van der Waals surface area (Å²) in [5, 5.41) is 0. The minimum Gasteiger partial charge on any atom is -0.324 e. The molecule has 0 aromatic heterocycles. The molecule has 0 heterocycles. The van der Waals surface area contributed by atoms with Crippen LogP contribution in [0.15, 0.2) is 24.3 Å². The third-order valence-corrected chi connectivity index (χ3v) is 3.39. The van der Waals surface area contributed by atoms with Gasteiger partial charge in [0.1, 0.15) is 5.82 Å². The predicted molar refractivity (Wildman–Crippen MR) is 68.2 cm³/mol.